The highest BCUT2D eigenvalue weighted by molar-refractivity contribution is 8.00. The third-order valence-corrected chi connectivity index (χ3v) is 7.54. The Hall–Kier alpha value is 0.180. The van der Waals surface area contributed by atoms with E-state index in [1.165, 1.54) is 12.7 Å². The van der Waals surface area contributed by atoms with Gasteiger partial charge in [-0.05, 0) is 38.9 Å². The fraction of sp³-hybridized carbons (Fsp3) is 1.00. The fourth-order valence-electron chi connectivity index (χ4n) is 3.60. The van der Waals surface area contributed by atoms with E-state index in [1.807, 2.05) is 0 Å². The van der Waals surface area contributed by atoms with Crippen molar-refractivity contribution in [1.82, 2.24) is 9.80 Å². The van der Waals surface area contributed by atoms with Crippen LogP contribution in [0.2, 0.25) is 0 Å². The minimum atomic E-state index is -3.06. The van der Waals surface area contributed by atoms with Crippen LogP contribution in [0.1, 0.15) is 26.2 Å². The molecule has 2 saturated heterocycles. The summed E-state index contributed by atoms with van der Waals surface area (Å²) in [7, 11) is -3.06. The predicted molar refractivity (Wildman–Crippen MR) is 90.4 cm³/mol. The van der Waals surface area contributed by atoms with Crippen molar-refractivity contribution in [2.75, 3.05) is 50.5 Å². The average molecular weight is 336 g/mol. The molecule has 2 rings (SSSR count). The number of hydrogen-bond acceptors (Lipinski definition) is 6. The van der Waals surface area contributed by atoms with E-state index in [4.69, 9.17) is 5.73 Å². The van der Waals surface area contributed by atoms with Gasteiger partial charge in [0.2, 0.25) is 0 Å². The van der Waals surface area contributed by atoms with E-state index in [1.54, 1.807) is 11.8 Å². The van der Waals surface area contributed by atoms with Crippen molar-refractivity contribution in [1.29, 1.82) is 0 Å². The zero-order chi connectivity index (χ0) is 15.5. The quantitative estimate of drug-likeness (QED) is 0.794. The number of likely N-dealkylation sites (tertiary alicyclic amines) is 1. The number of rotatable bonds is 5. The third-order valence-electron chi connectivity index (χ3n) is 4.89. The summed E-state index contributed by atoms with van der Waals surface area (Å²) in [5.74, 6) is 1.69. The topological polar surface area (TPSA) is 66.6 Å². The monoisotopic (exact) mass is 335 g/mol. The standard InChI is InChI=1S/C14H29N3O2S2/c1-3-6-16-7-4-14(12-15,5-8-16)17-9-10-20-11-13(17)21(2,18)19/h13H,3-12,15H2,1-2H3. The maximum Gasteiger partial charge on any atom is 0.164 e. The Labute approximate surface area is 133 Å². The molecule has 2 heterocycles. The molecule has 0 radical (unpaired) electrons. The normalized spacial score (nSPS) is 28.6. The Bertz CT molecular complexity index is 434. The first-order valence-electron chi connectivity index (χ1n) is 7.89. The lowest BCUT2D eigenvalue weighted by Gasteiger charge is -2.52. The van der Waals surface area contributed by atoms with Crippen LogP contribution in [0.4, 0.5) is 0 Å². The van der Waals surface area contributed by atoms with Gasteiger partial charge in [0.05, 0.1) is 0 Å². The molecule has 0 bridgehead atoms. The van der Waals surface area contributed by atoms with Crippen molar-refractivity contribution in [3.05, 3.63) is 0 Å². The number of thioether (sulfide) groups is 1. The Balaban J connectivity index is 2.15. The van der Waals surface area contributed by atoms with Gasteiger partial charge in [-0.1, -0.05) is 6.92 Å². The highest BCUT2D eigenvalue weighted by atomic mass is 32.2. The summed E-state index contributed by atoms with van der Waals surface area (Å²) < 4.78 is 24.3. The Morgan fingerprint density at radius 2 is 1.95 bits per heavy atom. The molecule has 0 saturated carbocycles. The van der Waals surface area contributed by atoms with Gasteiger partial charge in [-0.3, -0.25) is 4.90 Å². The first kappa shape index (κ1) is 17.5. The molecular weight excluding hydrogens is 306 g/mol. The second-order valence-electron chi connectivity index (χ2n) is 6.32. The summed E-state index contributed by atoms with van der Waals surface area (Å²) in [5.41, 5.74) is 6.01. The number of nitrogens with two attached hydrogens (primary N) is 1. The third kappa shape index (κ3) is 3.93. The molecule has 0 amide bonds. The first-order valence-corrected chi connectivity index (χ1v) is 11.0. The highest BCUT2D eigenvalue weighted by Crippen LogP contribution is 2.34. The Kier molecular flexibility index (Phi) is 5.99. The molecule has 1 atom stereocenters. The number of hydrogen-bond donors (Lipinski definition) is 1. The summed E-state index contributed by atoms with van der Waals surface area (Å²) >= 11 is 1.74. The summed E-state index contributed by atoms with van der Waals surface area (Å²) in [5, 5.41) is -0.363. The van der Waals surface area contributed by atoms with Gasteiger partial charge in [-0.25, -0.2) is 8.42 Å². The number of sulfone groups is 1. The molecular formula is C14H29N3O2S2. The second kappa shape index (κ2) is 7.17. The van der Waals surface area contributed by atoms with Gasteiger partial charge in [-0.15, -0.1) is 0 Å². The lowest BCUT2D eigenvalue weighted by atomic mass is 9.85. The van der Waals surface area contributed by atoms with E-state index in [0.29, 0.717) is 12.3 Å². The van der Waals surface area contributed by atoms with Crippen molar-refractivity contribution >= 4 is 21.6 Å². The van der Waals surface area contributed by atoms with E-state index in [-0.39, 0.29) is 10.9 Å². The summed E-state index contributed by atoms with van der Waals surface area (Å²) in [6, 6.07) is 0. The van der Waals surface area contributed by atoms with Crippen molar-refractivity contribution in [2.45, 2.75) is 37.1 Å². The van der Waals surface area contributed by atoms with E-state index in [0.717, 1.165) is 44.8 Å². The molecule has 124 valence electrons. The van der Waals surface area contributed by atoms with Gasteiger partial charge in [0, 0.05) is 36.4 Å². The lowest BCUT2D eigenvalue weighted by molar-refractivity contribution is 0.0237. The molecule has 2 aliphatic rings. The van der Waals surface area contributed by atoms with Gasteiger partial charge >= 0.3 is 0 Å². The first-order chi connectivity index (χ1) is 9.93. The Morgan fingerprint density at radius 3 is 2.48 bits per heavy atom. The number of piperidine rings is 1. The van der Waals surface area contributed by atoms with Crippen LogP contribution in [-0.2, 0) is 9.84 Å². The molecule has 5 nitrogen and oxygen atoms in total. The van der Waals surface area contributed by atoms with Crippen LogP contribution in [-0.4, -0.2) is 79.6 Å². The molecule has 1 unspecified atom stereocenters. The molecule has 0 aromatic heterocycles. The molecule has 2 aliphatic heterocycles. The smallest absolute Gasteiger partial charge is 0.164 e. The van der Waals surface area contributed by atoms with Crippen molar-refractivity contribution in [3.63, 3.8) is 0 Å². The number of nitrogens with zero attached hydrogens (tertiary/aromatic N) is 2. The van der Waals surface area contributed by atoms with E-state index >= 15 is 0 Å². The van der Waals surface area contributed by atoms with Crippen molar-refractivity contribution in [3.8, 4) is 0 Å². The lowest BCUT2D eigenvalue weighted by Crippen LogP contribution is -2.65. The maximum absolute atomic E-state index is 12.2. The fourth-order valence-corrected chi connectivity index (χ4v) is 6.54. The van der Waals surface area contributed by atoms with Gasteiger partial charge in [0.1, 0.15) is 5.37 Å². The zero-order valence-corrected chi connectivity index (χ0v) is 14.9. The van der Waals surface area contributed by atoms with E-state index in [9.17, 15) is 8.42 Å². The van der Waals surface area contributed by atoms with Crippen LogP contribution in [0.25, 0.3) is 0 Å². The molecule has 2 N–H and O–H groups in total. The van der Waals surface area contributed by atoms with Crippen LogP contribution >= 0.6 is 11.8 Å². The zero-order valence-electron chi connectivity index (χ0n) is 13.3. The van der Waals surface area contributed by atoms with Crippen LogP contribution in [0.15, 0.2) is 0 Å². The van der Waals surface area contributed by atoms with Gasteiger partial charge < -0.3 is 10.6 Å². The second-order valence-corrected chi connectivity index (χ2v) is 9.68. The van der Waals surface area contributed by atoms with Crippen molar-refractivity contribution in [2.24, 2.45) is 5.73 Å². The van der Waals surface area contributed by atoms with E-state index < -0.39 is 9.84 Å². The van der Waals surface area contributed by atoms with Crippen molar-refractivity contribution < 1.29 is 8.42 Å². The minimum absolute atomic E-state index is 0.126. The van der Waals surface area contributed by atoms with Gasteiger partial charge in [-0.2, -0.15) is 11.8 Å². The van der Waals surface area contributed by atoms with Gasteiger partial charge in [0.15, 0.2) is 9.84 Å². The molecule has 0 aliphatic carbocycles. The van der Waals surface area contributed by atoms with Crippen LogP contribution in [0, 0.1) is 0 Å². The van der Waals surface area contributed by atoms with Crippen LogP contribution in [0.3, 0.4) is 0 Å². The van der Waals surface area contributed by atoms with Crippen LogP contribution < -0.4 is 5.73 Å². The maximum atomic E-state index is 12.2. The largest absolute Gasteiger partial charge is 0.329 e. The Morgan fingerprint density at radius 1 is 1.29 bits per heavy atom. The molecule has 0 aromatic rings. The summed E-state index contributed by atoms with van der Waals surface area (Å²) in [6.07, 6.45) is 4.51. The molecule has 21 heavy (non-hydrogen) atoms. The summed E-state index contributed by atoms with van der Waals surface area (Å²) in [4.78, 5) is 4.70. The van der Waals surface area contributed by atoms with E-state index in [2.05, 4.69) is 16.7 Å². The average Bonchev–Trinajstić information content (AvgIpc) is 2.48. The SMILES string of the molecule is CCCN1CCC(CN)(N2CCSCC2S(C)(=O)=O)CC1. The van der Waals surface area contributed by atoms with Gasteiger partial charge in [0.25, 0.3) is 0 Å². The molecule has 7 heteroatoms. The molecule has 0 spiro atoms. The molecule has 2 fully saturated rings. The minimum Gasteiger partial charge on any atom is -0.329 e. The highest BCUT2D eigenvalue weighted by Gasteiger charge is 2.45. The summed E-state index contributed by atoms with van der Waals surface area (Å²) in [6.45, 7) is 6.80. The van der Waals surface area contributed by atoms with Crippen LogP contribution in [0.5, 0.6) is 0 Å². The molecule has 0 aromatic carbocycles. The predicted octanol–water partition coefficient (Wildman–Crippen LogP) is 0.609.